The second-order valence-electron chi connectivity index (χ2n) is 4.48. The van der Waals surface area contributed by atoms with Crippen molar-refractivity contribution in [2.45, 2.75) is 0 Å². The van der Waals surface area contributed by atoms with Crippen molar-refractivity contribution >= 4 is 5.82 Å². The van der Waals surface area contributed by atoms with Crippen molar-refractivity contribution in [3.05, 3.63) is 48.5 Å². The Kier molecular flexibility index (Phi) is 3.46. The van der Waals surface area contributed by atoms with Crippen molar-refractivity contribution in [2.75, 3.05) is 12.8 Å². The lowest BCUT2D eigenvalue weighted by atomic mass is 10.0. The number of anilines is 1. The Balaban J connectivity index is 2.32. The number of aromatic nitrogens is 2. The summed E-state index contributed by atoms with van der Waals surface area (Å²) in [5.41, 5.74) is 8.04. The highest BCUT2D eigenvalue weighted by Gasteiger charge is 2.18. The molecule has 6 nitrogen and oxygen atoms in total. The number of nitrogens with two attached hydrogens (primary N) is 1. The van der Waals surface area contributed by atoms with E-state index in [0.717, 1.165) is 0 Å². The number of pyridine rings is 2. The van der Waals surface area contributed by atoms with Crippen molar-refractivity contribution in [3.63, 3.8) is 0 Å². The molecule has 0 saturated carbocycles. The Bertz CT molecular complexity index is 851. The zero-order chi connectivity index (χ0) is 15.5. The molecular formula is C16H12N4O2. The van der Waals surface area contributed by atoms with Crippen molar-refractivity contribution in [3.8, 4) is 34.4 Å². The first-order chi connectivity index (χ1) is 10.7. The standard InChI is InChI=1S/C16H12N4O2/c1-21-13-4-5-19-9-12(13)11-7-10(8-17)16(18)20-15(11)14-3-2-6-22-14/h2-7,9H,1H3,(H2,18,20). The van der Waals surface area contributed by atoms with E-state index in [1.54, 1.807) is 50.0 Å². The van der Waals surface area contributed by atoms with Crippen molar-refractivity contribution in [2.24, 2.45) is 0 Å². The third kappa shape index (κ3) is 2.25. The van der Waals surface area contributed by atoms with Gasteiger partial charge in [-0.05, 0) is 24.3 Å². The predicted octanol–water partition coefficient (Wildman–Crippen LogP) is 2.87. The highest BCUT2D eigenvalue weighted by molar-refractivity contribution is 5.84. The Morgan fingerprint density at radius 1 is 1.32 bits per heavy atom. The van der Waals surface area contributed by atoms with E-state index in [-0.39, 0.29) is 11.4 Å². The van der Waals surface area contributed by atoms with Crippen LogP contribution in [0.15, 0.2) is 47.3 Å². The fraction of sp³-hybridized carbons (Fsp3) is 0.0625. The maximum Gasteiger partial charge on any atom is 0.152 e. The van der Waals surface area contributed by atoms with Crippen LogP contribution in [0, 0.1) is 11.3 Å². The van der Waals surface area contributed by atoms with Gasteiger partial charge in [-0.25, -0.2) is 4.98 Å². The SMILES string of the molecule is COc1ccncc1-c1cc(C#N)c(N)nc1-c1ccco1. The van der Waals surface area contributed by atoms with Gasteiger partial charge >= 0.3 is 0 Å². The summed E-state index contributed by atoms with van der Waals surface area (Å²) in [6.07, 6.45) is 4.83. The first-order valence-electron chi connectivity index (χ1n) is 6.47. The molecule has 0 aromatic carbocycles. The molecular weight excluding hydrogens is 280 g/mol. The molecule has 22 heavy (non-hydrogen) atoms. The summed E-state index contributed by atoms with van der Waals surface area (Å²) in [4.78, 5) is 8.43. The van der Waals surface area contributed by atoms with Crippen LogP contribution < -0.4 is 10.5 Å². The Morgan fingerprint density at radius 2 is 2.18 bits per heavy atom. The van der Waals surface area contributed by atoms with Gasteiger partial charge in [0.1, 0.15) is 23.3 Å². The van der Waals surface area contributed by atoms with Crippen LogP contribution >= 0.6 is 0 Å². The molecule has 0 radical (unpaired) electrons. The summed E-state index contributed by atoms with van der Waals surface area (Å²) < 4.78 is 10.8. The largest absolute Gasteiger partial charge is 0.496 e. The van der Waals surface area contributed by atoms with E-state index < -0.39 is 0 Å². The normalized spacial score (nSPS) is 10.2. The van der Waals surface area contributed by atoms with Gasteiger partial charge in [0.15, 0.2) is 5.76 Å². The van der Waals surface area contributed by atoms with Crippen LogP contribution in [0.5, 0.6) is 5.75 Å². The molecule has 0 bridgehead atoms. The maximum atomic E-state index is 9.20. The van der Waals surface area contributed by atoms with Crippen LogP contribution in [0.3, 0.4) is 0 Å². The second-order valence-corrected chi connectivity index (χ2v) is 4.48. The van der Waals surface area contributed by atoms with E-state index in [9.17, 15) is 5.26 Å². The highest BCUT2D eigenvalue weighted by Crippen LogP contribution is 2.37. The van der Waals surface area contributed by atoms with E-state index >= 15 is 0 Å². The van der Waals surface area contributed by atoms with Crippen LogP contribution in [-0.4, -0.2) is 17.1 Å². The van der Waals surface area contributed by atoms with Crippen LogP contribution in [0.2, 0.25) is 0 Å². The summed E-state index contributed by atoms with van der Waals surface area (Å²) in [5, 5.41) is 9.20. The smallest absolute Gasteiger partial charge is 0.152 e. The number of hydrogen-bond acceptors (Lipinski definition) is 6. The summed E-state index contributed by atoms with van der Waals surface area (Å²) in [5.74, 6) is 1.33. The lowest BCUT2D eigenvalue weighted by molar-refractivity contribution is 0.416. The first-order valence-corrected chi connectivity index (χ1v) is 6.47. The Labute approximate surface area is 126 Å². The van der Waals surface area contributed by atoms with Gasteiger partial charge in [-0.15, -0.1) is 0 Å². The van der Waals surface area contributed by atoms with E-state index in [1.165, 1.54) is 0 Å². The predicted molar refractivity (Wildman–Crippen MR) is 80.8 cm³/mol. The molecule has 108 valence electrons. The van der Waals surface area contributed by atoms with Gasteiger partial charge in [0.2, 0.25) is 0 Å². The Hall–Kier alpha value is -3.33. The van der Waals surface area contributed by atoms with Crippen LogP contribution in [-0.2, 0) is 0 Å². The average Bonchev–Trinajstić information content (AvgIpc) is 3.09. The summed E-state index contributed by atoms with van der Waals surface area (Å²) >= 11 is 0. The molecule has 0 spiro atoms. The number of nitriles is 1. The number of nitrogens with zero attached hydrogens (tertiary/aromatic N) is 3. The monoisotopic (exact) mass is 292 g/mol. The molecule has 0 aliphatic rings. The molecule has 0 aliphatic heterocycles. The van der Waals surface area contributed by atoms with Gasteiger partial charge in [-0.3, -0.25) is 4.98 Å². The van der Waals surface area contributed by atoms with E-state index in [0.29, 0.717) is 28.3 Å². The number of nitrogen functional groups attached to an aromatic ring is 1. The van der Waals surface area contributed by atoms with Gasteiger partial charge in [-0.1, -0.05) is 0 Å². The van der Waals surface area contributed by atoms with E-state index in [4.69, 9.17) is 14.9 Å². The lowest BCUT2D eigenvalue weighted by Crippen LogP contribution is -2.00. The van der Waals surface area contributed by atoms with Crippen LogP contribution in [0.25, 0.3) is 22.6 Å². The average molecular weight is 292 g/mol. The van der Waals surface area contributed by atoms with Crippen molar-refractivity contribution in [1.82, 2.24) is 9.97 Å². The number of furan rings is 1. The molecule has 0 unspecified atom stereocenters. The van der Waals surface area contributed by atoms with Gasteiger partial charge in [0.25, 0.3) is 0 Å². The fourth-order valence-corrected chi connectivity index (χ4v) is 2.19. The third-order valence-electron chi connectivity index (χ3n) is 3.22. The minimum absolute atomic E-state index is 0.153. The van der Waals surface area contributed by atoms with Gasteiger partial charge < -0.3 is 14.9 Å². The molecule has 0 saturated heterocycles. The van der Waals surface area contributed by atoms with Gasteiger partial charge in [0, 0.05) is 23.5 Å². The zero-order valence-corrected chi connectivity index (χ0v) is 11.8. The number of rotatable bonds is 3. The van der Waals surface area contributed by atoms with Crippen molar-refractivity contribution in [1.29, 1.82) is 5.26 Å². The molecule has 3 heterocycles. The fourth-order valence-electron chi connectivity index (χ4n) is 2.19. The van der Waals surface area contributed by atoms with Gasteiger partial charge in [-0.2, -0.15) is 5.26 Å². The quantitative estimate of drug-likeness (QED) is 0.797. The molecule has 3 aromatic heterocycles. The van der Waals surface area contributed by atoms with Gasteiger partial charge in [0.05, 0.1) is 18.9 Å². The van der Waals surface area contributed by atoms with Crippen molar-refractivity contribution < 1.29 is 9.15 Å². The second kappa shape index (κ2) is 5.58. The molecule has 6 heteroatoms. The first kappa shape index (κ1) is 13.6. The summed E-state index contributed by atoms with van der Waals surface area (Å²) in [7, 11) is 1.57. The third-order valence-corrected chi connectivity index (χ3v) is 3.22. The van der Waals surface area contributed by atoms with E-state index in [2.05, 4.69) is 9.97 Å². The zero-order valence-electron chi connectivity index (χ0n) is 11.8. The molecule has 0 amide bonds. The topological polar surface area (TPSA) is 98.0 Å². The molecule has 3 aromatic rings. The minimum Gasteiger partial charge on any atom is -0.496 e. The van der Waals surface area contributed by atoms with E-state index in [1.807, 2.05) is 6.07 Å². The molecule has 2 N–H and O–H groups in total. The summed E-state index contributed by atoms with van der Waals surface area (Å²) in [6, 6.07) is 8.98. The maximum absolute atomic E-state index is 9.20. The molecule has 0 aliphatic carbocycles. The Morgan fingerprint density at radius 3 is 2.86 bits per heavy atom. The minimum atomic E-state index is 0.153. The number of ether oxygens (including phenoxy) is 1. The van der Waals surface area contributed by atoms with Crippen LogP contribution in [0.1, 0.15) is 5.56 Å². The molecule has 0 atom stereocenters. The number of methoxy groups -OCH3 is 1. The summed E-state index contributed by atoms with van der Waals surface area (Å²) in [6.45, 7) is 0. The molecule has 3 rings (SSSR count). The lowest BCUT2D eigenvalue weighted by Gasteiger charge is -2.12. The number of hydrogen-bond donors (Lipinski definition) is 1. The van der Waals surface area contributed by atoms with Crippen LogP contribution in [0.4, 0.5) is 5.82 Å². The highest BCUT2D eigenvalue weighted by atomic mass is 16.5. The molecule has 0 fully saturated rings.